The molecule has 53 heavy (non-hydrogen) atoms. The van der Waals surface area contributed by atoms with Gasteiger partial charge in [0.1, 0.15) is 17.9 Å². The number of methoxy groups -OCH3 is 1. The molecule has 294 valence electrons. The lowest BCUT2D eigenvalue weighted by atomic mass is 9.52. The van der Waals surface area contributed by atoms with E-state index in [1.807, 2.05) is 69.5 Å². The second-order valence-electron chi connectivity index (χ2n) is 17.4. The molecular formula is C42H65N5O6. The molecule has 2 amide bonds. The van der Waals surface area contributed by atoms with Gasteiger partial charge in [-0.25, -0.2) is 0 Å². The van der Waals surface area contributed by atoms with Gasteiger partial charge < -0.3 is 35.4 Å². The van der Waals surface area contributed by atoms with Gasteiger partial charge in [-0.1, -0.05) is 52.8 Å². The predicted octanol–water partition coefficient (Wildman–Crippen LogP) is 4.79. The second-order valence-corrected chi connectivity index (χ2v) is 17.4. The normalized spacial score (nSPS) is 27.9. The Morgan fingerprint density at radius 3 is 2.38 bits per heavy atom. The molecule has 1 unspecified atom stereocenters. The average molecular weight is 736 g/mol. The number of nitrogens with one attached hydrogen (secondary N) is 2. The second kappa shape index (κ2) is 16.7. The van der Waals surface area contributed by atoms with Crippen molar-refractivity contribution >= 4 is 17.5 Å². The van der Waals surface area contributed by atoms with Crippen LogP contribution in [-0.4, -0.2) is 111 Å². The average Bonchev–Trinajstić information content (AvgIpc) is 3.47. The van der Waals surface area contributed by atoms with Gasteiger partial charge in [0.05, 0.1) is 26.4 Å². The van der Waals surface area contributed by atoms with Crippen LogP contribution in [0.4, 0.5) is 5.69 Å². The number of amides is 2. The summed E-state index contributed by atoms with van der Waals surface area (Å²) in [5, 5.41) is 29.7. The minimum atomic E-state index is -0.897. The number of para-hydroxylation sites is 1. The summed E-state index contributed by atoms with van der Waals surface area (Å²) >= 11 is 0. The summed E-state index contributed by atoms with van der Waals surface area (Å²) in [6, 6.07) is 10.9. The molecule has 11 heteroatoms. The van der Waals surface area contributed by atoms with Gasteiger partial charge in [-0.2, -0.15) is 5.06 Å². The number of hydrogen-bond donors (Lipinski definition) is 4. The highest BCUT2D eigenvalue weighted by Gasteiger charge is 2.54. The molecule has 2 aromatic rings. The molecule has 3 saturated carbocycles. The third kappa shape index (κ3) is 8.70. The molecule has 11 nitrogen and oxygen atoms in total. The van der Waals surface area contributed by atoms with Crippen molar-refractivity contribution in [1.29, 1.82) is 0 Å². The van der Waals surface area contributed by atoms with Crippen LogP contribution in [0.3, 0.4) is 0 Å². The smallest absolute Gasteiger partial charge is 0.251 e. The van der Waals surface area contributed by atoms with E-state index in [-0.39, 0.29) is 48.4 Å². The Hall–Kier alpha value is -3.22. The number of fused-ring (bicyclic) bond motifs is 3. The summed E-state index contributed by atoms with van der Waals surface area (Å²) in [4.78, 5) is 38.5. The van der Waals surface area contributed by atoms with Crippen molar-refractivity contribution in [2.75, 3.05) is 53.4 Å². The van der Waals surface area contributed by atoms with E-state index in [2.05, 4.69) is 50.2 Å². The van der Waals surface area contributed by atoms with Crippen molar-refractivity contribution < 1.29 is 29.4 Å². The van der Waals surface area contributed by atoms with Gasteiger partial charge in [0.25, 0.3) is 5.91 Å². The molecule has 0 spiro atoms. The van der Waals surface area contributed by atoms with Crippen LogP contribution in [0.1, 0.15) is 76.7 Å². The summed E-state index contributed by atoms with van der Waals surface area (Å²) in [7, 11) is 9.52. The number of hydroxylamine groups is 2. The van der Waals surface area contributed by atoms with Crippen LogP contribution in [0.25, 0.3) is 11.1 Å². The van der Waals surface area contributed by atoms with Crippen LogP contribution >= 0.6 is 0 Å². The number of aliphatic hydroxyl groups excluding tert-OH is 2. The topological polar surface area (TPSA) is 127 Å². The number of nitrogens with zero attached hydrogens (tertiary/aromatic N) is 3. The lowest BCUT2D eigenvalue weighted by Crippen LogP contribution is -2.60. The van der Waals surface area contributed by atoms with Crippen LogP contribution in [0, 0.1) is 35.0 Å². The predicted molar refractivity (Wildman–Crippen MR) is 210 cm³/mol. The molecule has 2 bridgehead atoms. The maximum Gasteiger partial charge on any atom is 0.251 e. The number of anilines is 1. The Morgan fingerprint density at radius 2 is 1.81 bits per heavy atom. The minimum Gasteiger partial charge on any atom is -0.496 e. The Labute approximate surface area is 317 Å². The SMILES string of the molecule is COc1c(CN2O[C@@H](CO)[C@H]([C@H](C)O)[C@H]2C(=O)N[C@H]2C3CC[C@@H]([C@@H]2C)C(C)(C)C3)cccc1-c1cc(C(=O)N[C@@H](CN(C)C)C(C)C)cc(N(C)C)c1. The molecular weight excluding hydrogens is 670 g/mol. The number of carbonyl (C=O) groups excluding carboxylic acids is 2. The molecule has 1 heterocycles. The van der Waals surface area contributed by atoms with E-state index in [0.717, 1.165) is 41.8 Å². The van der Waals surface area contributed by atoms with Crippen molar-refractivity contribution in [3.8, 4) is 16.9 Å². The van der Waals surface area contributed by atoms with Crippen molar-refractivity contribution in [2.45, 2.75) is 97.7 Å². The third-order valence-corrected chi connectivity index (χ3v) is 12.4. The fraction of sp³-hybridized carbons (Fsp3) is 0.667. The first-order chi connectivity index (χ1) is 25.0. The zero-order valence-corrected chi connectivity index (χ0v) is 33.8. The molecule has 3 aliphatic carbocycles. The Morgan fingerprint density at radius 1 is 1.09 bits per heavy atom. The maximum absolute atomic E-state index is 14.4. The van der Waals surface area contributed by atoms with Crippen LogP contribution in [0.15, 0.2) is 36.4 Å². The first-order valence-electron chi connectivity index (χ1n) is 19.4. The fourth-order valence-electron chi connectivity index (χ4n) is 9.62. The molecule has 1 saturated heterocycles. The van der Waals surface area contributed by atoms with E-state index >= 15 is 0 Å². The molecule has 4 fully saturated rings. The van der Waals surface area contributed by atoms with E-state index in [0.29, 0.717) is 29.1 Å². The number of benzene rings is 2. The van der Waals surface area contributed by atoms with Gasteiger partial charge in [0.15, 0.2) is 0 Å². The summed E-state index contributed by atoms with van der Waals surface area (Å²) in [6.45, 7) is 13.4. The number of aliphatic hydroxyl groups is 2. The Bertz CT molecular complexity index is 1590. The minimum absolute atomic E-state index is 0.0241. The molecule has 0 aromatic heterocycles. The highest BCUT2D eigenvalue weighted by molar-refractivity contribution is 5.97. The van der Waals surface area contributed by atoms with Gasteiger partial charge in [0, 0.05) is 61.0 Å². The first kappa shape index (κ1) is 41.0. The van der Waals surface area contributed by atoms with Crippen molar-refractivity contribution in [3.63, 3.8) is 0 Å². The Kier molecular flexibility index (Phi) is 12.9. The van der Waals surface area contributed by atoms with E-state index in [9.17, 15) is 19.8 Å². The van der Waals surface area contributed by atoms with E-state index in [1.54, 1.807) is 19.1 Å². The van der Waals surface area contributed by atoms with Crippen LogP contribution in [-0.2, 0) is 16.2 Å². The van der Waals surface area contributed by atoms with Gasteiger partial charge in [-0.05, 0) is 93.1 Å². The first-order valence-corrected chi connectivity index (χ1v) is 19.4. The quantitative estimate of drug-likeness (QED) is 0.217. The van der Waals surface area contributed by atoms with Gasteiger partial charge >= 0.3 is 0 Å². The van der Waals surface area contributed by atoms with Gasteiger partial charge in [-0.15, -0.1) is 0 Å². The number of carbonyl (C=O) groups is 2. The molecule has 9 atom stereocenters. The Balaban J connectivity index is 1.47. The monoisotopic (exact) mass is 735 g/mol. The van der Waals surface area contributed by atoms with Crippen LogP contribution < -0.4 is 20.3 Å². The standard InChI is InChI=1S/C42H65N5O6/c1-24(2)34(22-45(7)8)43-40(50)30-17-29(18-31(19-30)46(9)10)32-14-12-13-28(39(32)52-11)21-47-38(36(26(4)49)35(23-48)53-47)41(51)44-37-25(3)33-16-15-27(37)20-42(33,5)6/h12-14,17-19,24-27,33-38,48-49H,15-16,20-23H2,1-11H3,(H,43,50)(H,44,51)/t25-,26-,27?,33-,34-,35-,36-,37+,38-/m0/s1. The number of rotatable bonds is 14. The summed E-state index contributed by atoms with van der Waals surface area (Å²) in [5.41, 5.74) is 4.03. The van der Waals surface area contributed by atoms with Gasteiger partial charge in [-0.3, -0.25) is 14.4 Å². The zero-order chi connectivity index (χ0) is 38.9. The molecule has 6 rings (SSSR count). The largest absolute Gasteiger partial charge is 0.496 e. The lowest BCUT2D eigenvalue weighted by molar-refractivity contribution is -0.183. The van der Waals surface area contributed by atoms with Crippen LogP contribution in [0.5, 0.6) is 5.75 Å². The van der Waals surface area contributed by atoms with Gasteiger partial charge in [0.2, 0.25) is 5.91 Å². The lowest BCUT2D eigenvalue weighted by Gasteiger charge is -2.56. The summed E-state index contributed by atoms with van der Waals surface area (Å²) < 4.78 is 6.09. The molecule has 0 radical (unpaired) electrons. The van der Waals surface area contributed by atoms with E-state index in [1.165, 1.54) is 6.42 Å². The molecule has 4 N–H and O–H groups in total. The molecule has 4 aliphatic rings. The maximum atomic E-state index is 14.4. The fourth-order valence-corrected chi connectivity index (χ4v) is 9.62. The number of likely N-dealkylation sites (N-methyl/N-ethyl adjacent to an activating group) is 1. The molecule has 1 aliphatic heterocycles. The van der Waals surface area contributed by atoms with Crippen molar-refractivity contribution in [1.82, 2.24) is 20.6 Å². The van der Waals surface area contributed by atoms with Crippen molar-refractivity contribution in [3.05, 3.63) is 47.5 Å². The van der Waals surface area contributed by atoms with Crippen LogP contribution in [0.2, 0.25) is 0 Å². The number of hydrogen-bond acceptors (Lipinski definition) is 9. The summed E-state index contributed by atoms with van der Waals surface area (Å²) in [5.74, 6) is 1.14. The zero-order valence-electron chi connectivity index (χ0n) is 33.8. The summed E-state index contributed by atoms with van der Waals surface area (Å²) in [6.07, 6.45) is 1.71. The van der Waals surface area contributed by atoms with Crippen molar-refractivity contribution in [2.24, 2.45) is 35.0 Å². The highest BCUT2D eigenvalue weighted by Crippen LogP contribution is 2.55. The molecule has 2 aromatic carbocycles. The highest BCUT2D eigenvalue weighted by atomic mass is 16.7. The van der Waals surface area contributed by atoms with E-state index in [4.69, 9.17) is 9.57 Å². The number of ether oxygens (including phenoxy) is 1. The third-order valence-electron chi connectivity index (χ3n) is 12.4. The van der Waals surface area contributed by atoms with E-state index < -0.39 is 24.2 Å².